The Balaban J connectivity index is 2.11. The van der Waals surface area contributed by atoms with Crippen molar-refractivity contribution in [1.29, 1.82) is 0 Å². The third kappa shape index (κ3) is 3.91. The first-order chi connectivity index (χ1) is 10.0. The molecule has 2 N–H and O–H groups in total. The molecule has 1 heterocycles. The minimum absolute atomic E-state index is 0.00286. The van der Waals surface area contributed by atoms with Crippen LogP contribution in [-0.2, 0) is 4.74 Å². The molecule has 4 nitrogen and oxygen atoms in total. The Kier molecular flexibility index (Phi) is 5.12. The maximum absolute atomic E-state index is 13.8. The first kappa shape index (κ1) is 15.7. The Bertz CT molecular complexity index is 520. The molecule has 6 heteroatoms. The summed E-state index contributed by atoms with van der Waals surface area (Å²) in [6.45, 7) is 2.65. The van der Waals surface area contributed by atoms with E-state index in [1.807, 2.05) is 0 Å². The number of nitrogens with one attached hydrogen (secondary N) is 1. The van der Waals surface area contributed by atoms with E-state index < -0.39 is 23.2 Å². The molecule has 0 amide bonds. The molecule has 0 radical (unpaired) electrons. The van der Waals surface area contributed by atoms with E-state index in [-0.39, 0.29) is 17.8 Å². The zero-order chi connectivity index (χ0) is 15.4. The van der Waals surface area contributed by atoms with Crippen LogP contribution in [0.1, 0.15) is 43.0 Å². The van der Waals surface area contributed by atoms with Crippen molar-refractivity contribution in [3.63, 3.8) is 0 Å². The molecule has 2 atom stereocenters. The van der Waals surface area contributed by atoms with Gasteiger partial charge in [-0.25, -0.2) is 13.6 Å². The summed E-state index contributed by atoms with van der Waals surface area (Å²) < 4.78 is 32.7. The van der Waals surface area contributed by atoms with Gasteiger partial charge in [0.15, 0.2) is 0 Å². The van der Waals surface area contributed by atoms with E-state index in [1.165, 1.54) is 0 Å². The molecule has 1 aromatic carbocycles. The molecule has 1 aliphatic heterocycles. The fourth-order valence-electron chi connectivity index (χ4n) is 2.58. The Hall–Kier alpha value is -1.69. The van der Waals surface area contributed by atoms with Crippen molar-refractivity contribution in [2.45, 2.75) is 44.8 Å². The number of aromatic carboxylic acids is 1. The van der Waals surface area contributed by atoms with Crippen LogP contribution in [0, 0.1) is 11.6 Å². The molecule has 1 aliphatic rings. The maximum atomic E-state index is 13.8. The van der Waals surface area contributed by atoms with Gasteiger partial charge >= 0.3 is 5.97 Å². The molecular weight excluding hydrogens is 280 g/mol. The number of rotatable bonds is 5. The molecule has 1 aromatic rings. The van der Waals surface area contributed by atoms with Crippen LogP contribution in [0.4, 0.5) is 14.5 Å². The SMILES string of the molecule is CCCC1CC(Nc2cc(C(=O)O)c(F)cc2F)CCO1. The summed E-state index contributed by atoms with van der Waals surface area (Å²) in [6.07, 6.45) is 3.51. The standard InChI is InChI=1S/C15H19F2NO3/c1-2-3-10-6-9(4-5-21-10)18-14-7-11(15(19)20)12(16)8-13(14)17/h7-10,18H,2-6H2,1H3,(H,19,20). The summed E-state index contributed by atoms with van der Waals surface area (Å²) in [7, 11) is 0. The van der Waals surface area contributed by atoms with Crippen LogP contribution in [-0.4, -0.2) is 29.8 Å². The second-order valence-electron chi connectivity index (χ2n) is 5.26. The van der Waals surface area contributed by atoms with Gasteiger partial charge in [-0.15, -0.1) is 0 Å². The normalized spacial score (nSPS) is 22.0. The second kappa shape index (κ2) is 6.85. The molecule has 1 saturated heterocycles. The number of hydrogen-bond acceptors (Lipinski definition) is 3. The number of carboxylic acids is 1. The van der Waals surface area contributed by atoms with Gasteiger partial charge in [-0.1, -0.05) is 13.3 Å². The number of ether oxygens (including phenoxy) is 1. The molecule has 2 rings (SSSR count). The van der Waals surface area contributed by atoms with Crippen LogP contribution in [0.2, 0.25) is 0 Å². The van der Waals surface area contributed by atoms with Crippen LogP contribution in [0.15, 0.2) is 12.1 Å². The molecule has 0 aromatic heterocycles. The highest BCUT2D eigenvalue weighted by molar-refractivity contribution is 5.89. The largest absolute Gasteiger partial charge is 0.478 e. The van der Waals surface area contributed by atoms with Crippen LogP contribution in [0.25, 0.3) is 0 Å². The van der Waals surface area contributed by atoms with E-state index in [0.717, 1.165) is 25.3 Å². The molecule has 0 spiro atoms. The van der Waals surface area contributed by atoms with Crippen LogP contribution in [0.5, 0.6) is 0 Å². The second-order valence-corrected chi connectivity index (χ2v) is 5.26. The molecule has 21 heavy (non-hydrogen) atoms. The van der Waals surface area contributed by atoms with Crippen LogP contribution >= 0.6 is 0 Å². The predicted molar refractivity (Wildman–Crippen MR) is 74.6 cm³/mol. The van der Waals surface area contributed by atoms with Crippen LogP contribution in [0.3, 0.4) is 0 Å². The van der Waals surface area contributed by atoms with Crippen molar-refractivity contribution >= 4 is 11.7 Å². The molecule has 2 unspecified atom stereocenters. The highest BCUT2D eigenvalue weighted by atomic mass is 19.1. The monoisotopic (exact) mass is 299 g/mol. The van der Waals surface area contributed by atoms with Gasteiger partial charge in [-0.05, 0) is 25.3 Å². The topological polar surface area (TPSA) is 58.6 Å². The number of carboxylic acid groups (broad SMARTS) is 1. The van der Waals surface area contributed by atoms with Gasteiger partial charge in [0.1, 0.15) is 11.6 Å². The van der Waals surface area contributed by atoms with E-state index in [4.69, 9.17) is 9.84 Å². The summed E-state index contributed by atoms with van der Waals surface area (Å²) in [5.41, 5.74) is -0.507. The zero-order valence-corrected chi connectivity index (χ0v) is 11.9. The average Bonchev–Trinajstić information content (AvgIpc) is 2.42. The van der Waals surface area contributed by atoms with Gasteiger partial charge < -0.3 is 15.2 Å². The summed E-state index contributed by atoms with van der Waals surface area (Å²) in [4.78, 5) is 10.9. The molecule has 0 bridgehead atoms. The number of halogens is 2. The number of hydrogen-bond donors (Lipinski definition) is 2. The first-order valence-corrected chi connectivity index (χ1v) is 7.11. The first-order valence-electron chi connectivity index (χ1n) is 7.11. The molecule has 1 fully saturated rings. The number of carbonyl (C=O) groups is 1. The molecule has 0 saturated carbocycles. The quantitative estimate of drug-likeness (QED) is 0.874. The van der Waals surface area contributed by atoms with Crippen molar-refractivity contribution in [1.82, 2.24) is 0 Å². The Morgan fingerprint density at radius 2 is 2.19 bits per heavy atom. The fraction of sp³-hybridized carbons (Fsp3) is 0.533. The maximum Gasteiger partial charge on any atom is 0.338 e. The minimum atomic E-state index is -1.41. The summed E-state index contributed by atoms with van der Waals surface area (Å²) >= 11 is 0. The third-order valence-electron chi connectivity index (χ3n) is 3.62. The third-order valence-corrected chi connectivity index (χ3v) is 3.62. The number of benzene rings is 1. The van der Waals surface area contributed by atoms with Gasteiger partial charge in [0, 0.05) is 18.7 Å². The zero-order valence-electron chi connectivity index (χ0n) is 11.9. The number of anilines is 1. The van der Waals surface area contributed by atoms with Crippen LogP contribution < -0.4 is 5.32 Å². The lowest BCUT2D eigenvalue weighted by molar-refractivity contribution is 0.00592. The lowest BCUT2D eigenvalue weighted by Gasteiger charge is -2.30. The Morgan fingerprint density at radius 1 is 1.43 bits per heavy atom. The van der Waals surface area contributed by atoms with E-state index >= 15 is 0 Å². The highest BCUT2D eigenvalue weighted by Gasteiger charge is 2.23. The summed E-state index contributed by atoms with van der Waals surface area (Å²) in [5, 5.41) is 11.9. The van der Waals surface area contributed by atoms with Gasteiger partial charge in [-0.3, -0.25) is 0 Å². The average molecular weight is 299 g/mol. The Morgan fingerprint density at radius 3 is 2.86 bits per heavy atom. The van der Waals surface area contributed by atoms with E-state index in [1.54, 1.807) is 0 Å². The van der Waals surface area contributed by atoms with E-state index in [9.17, 15) is 13.6 Å². The smallest absolute Gasteiger partial charge is 0.338 e. The van der Waals surface area contributed by atoms with Crippen molar-refractivity contribution in [2.24, 2.45) is 0 Å². The lowest BCUT2D eigenvalue weighted by atomic mass is 9.99. The lowest BCUT2D eigenvalue weighted by Crippen LogP contribution is -2.34. The van der Waals surface area contributed by atoms with Gasteiger partial charge in [0.05, 0.1) is 17.4 Å². The highest BCUT2D eigenvalue weighted by Crippen LogP contribution is 2.25. The fourth-order valence-corrected chi connectivity index (χ4v) is 2.58. The molecule has 116 valence electrons. The van der Waals surface area contributed by atoms with Gasteiger partial charge in [0.25, 0.3) is 0 Å². The van der Waals surface area contributed by atoms with Crippen molar-refractivity contribution in [3.8, 4) is 0 Å². The van der Waals surface area contributed by atoms with Crippen molar-refractivity contribution < 1.29 is 23.4 Å². The summed E-state index contributed by atoms with van der Waals surface area (Å²) in [6, 6.07) is 1.61. The Labute approximate surface area is 122 Å². The van der Waals surface area contributed by atoms with Crippen molar-refractivity contribution in [2.75, 3.05) is 11.9 Å². The minimum Gasteiger partial charge on any atom is -0.478 e. The van der Waals surface area contributed by atoms with E-state index in [0.29, 0.717) is 19.1 Å². The predicted octanol–water partition coefficient (Wildman–Crippen LogP) is 3.42. The molecule has 0 aliphatic carbocycles. The van der Waals surface area contributed by atoms with Gasteiger partial charge in [0.2, 0.25) is 0 Å². The van der Waals surface area contributed by atoms with Crippen molar-refractivity contribution in [3.05, 3.63) is 29.3 Å². The van der Waals surface area contributed by atoms with Gasteiger partial charge in [-0.2, -0.15) is 0 Å². The summed E-state index contributed by atoms with van der Waals surface area (Å²) in [5.74, 6) is -3.26. The molecular formula is C15H19F2NO3. The van der Waals surface area contributed by atoms with E-state index in [2.05, 4.69) is 12.2 Å².